The molecule has 0 saturated heterocycles. The van der Waals surface area contributed by atoms with Crippen molar-refractivity contribution in [1.29, 1.82) is 0 Å². The number of hydrogen-bond donors (Lipinski definition) is 1. The summed E-state index contributed by atoms with van der Waals surface area (Å²) in [6, 6.07) is 8.38. The van der Waals surface area contributed by atoms with Crippen molar-refractivity contribution in [2.24, 2.45) is 0 Å². The van der Waals surface area contributed by atoms with Gasteiger partial charge in [-0.1, -0.05) is 49.8 Å². The molecule has 1 N–H and O–H groups in total. The molecule has 2 heteroatoms. The fraction of sp³-hybridized carbons (Fsp3) is 0.389. The number of carbonyl (C=O) groups is 1. The molecule has 1 fully saturated rings. The summed E-state index contributed by atoms with van der Waals surface area (Å²) in [6.07, 6.45) is 6.49. The molecule has 0 unspecified atom stereocenters. The van der Waals surface area contributed by atoms with Gasteiger partial charge in [0, 0.05) is 11.6 Å². The molecule has 1 aromatic carbocycles. The molecular weight excluding hydrogens is 246 g/mol. The van der Waals surface area contributed by atoms with Crippen molar-refractivity contribution in [2.45, 2.75) is 45.6 Å². The number of nitrogens with one attached hydrogen (secondary N) is 1. The normalized spacial score (nSPS) is 16.2. The van der Waals surface area contributed by atoms with Gasteiger partial charge in [-0.25, -0.2) is 0 Å². The smallest absolute Gasteiger partial charge is 0.251 e. The van der Waals surface area contributed by atoms with Crippen LogP contribution in [-0.4, -0.2) is 11.9 Å². The Balaban J connectivity index is 2.13. The molecule has 0 spiro atoms. The van der Waals surface area contributed by atoms with Crippen LogP contribution in [0.3, 0.4) is 0 Å². The van der Waals surface area contributed by atoms with E-state index in [1.807, 2.05) is 44.2 Å². The molecule has 2 rings (SSSR count). The lowest BCUT2D eigenvalue weighted by Crippen LogP contribution is -2.33. The van der Waals surface area contributed by atoms with E-state index in [2.05, 4.69) is 11.9 Å². The van der Waals surface area contributed by atoms with Crippen LogP contribution in [0.1, 0.15) is 43.7 Å². The highest BCUT2D eigenvalue weighted by Crippen LogP contribution is 2.25. The van der Waals surface area contributed by atoms with Crippen LogP contribution in [0.25, 0.3) is 5.57 Å². The number of aryl methyl sites for hydroxylation is 1. The lowest BCUT2D eigenvalue weighted by atomic mass is 9.95. The molecule has 1 aliphatic rings. The summed E-state index contributed by atoms with van der Waals surface area (Å²) < 4.78 is 0. The molecule has 2 nitrogen and oxygen atoms in total. The van der Waals surface area contributed by atoms with E-state index in [-0.39, 0.29) is 5.91 Å². The summed E-state index contributed by atoms with van der Waals surface area (Å²) in [7, 11) is 0. The first-order chi connectivity index (χ1) is 9.63. The highest BCUT2D eigenvalue weighted by Gasteiger charge is 2.20. The molecule has 1 aromatic rings. The van der Waals surface area contributed by atoms with Gasteiger partial charge in [-0.3, -0.25) is 4.79 Å². The van der Waals surface area contributed by atoms with E-state index in [0.29, 0.717) is 11.6 Å². The maximum Gasteiger partial charge on any atom is 0.251 e. The Labute approximate surface area is 121 Å². The molecule has 0 bridgehead atoms. The molecule has 1 aliphatic carbocycles. The molecule has 1 saturated carbocycles. The van der Waals surface area contributed by atoms with Crippen molar-refractivity contribution < 1.29 is 4.79 Å². The Hall–Kier alpha value is -1.83. The third-order valence-corrected chi connectivity index (χ3v) is 4.02. The second-order valence-electron chi connectivity index (χ2n) is 5.45. The van der Waals surface area contributed by atoms with Crippen molar-refractivity contribution in [3.05, 3.63) is 53.6 Å². The third-order valence-electron chi connectivity index (χ3n) is 4.02. The molecular formula is C18H23NO. The zero-order valence-corrected chi connectivity index (χ0v) is 12.4. The Morgan fingerprint density at radius 3 is 2.55 bits per heavy atom. The Morgan fingerprint density at radius 2 is 1.95 bits per heavy atom. The fourth-order valence-corrected chi connectivity index (χ4v) is 2.83. The molecule has 0 aromatic heterocycles. The summed E-state index contributed by atoms with van der Waals surface area (Å²) >= 11 is 0. The summed E-state index contributed by atoms with van der Waals surface area (Å²) in [5, 5.41) is 3.13. The predicted octanol–water partition coefficient (Wildman–Crippen LogP) is 4.01. The molecule has 0 atom stereocenters. The number of carbonyl (C=O) groups excluding carboxylic acids is 1. The van der Waals surface area contributed by atoms with E-state index < -0.39 is 0 Å². The SMILES string of the molecule is C=C(/C(=C\C)C(=O)NC1CCCC1)c1ccccc1C. The van der Waals surface area contributed by atoms with E-state index in [1.165, 1.54) is 12.8 Å². The Morgan fingerprint density at radius 1 is 1.30 bits per heavy atom. The van der Waals surface area contributed by atoms with Gasteiger partial charge in [0.05, 0.1) is 0 Å². The van der Waals surface area contributed by atoms with Gasteiger partial charge in [0.2, 0.25) is 0 Å². The van der Waals surface area contributed by atoms with Gasteiger partial charge >= 0.3 is 0 Å². The van der Waals surface area contributed by atoms with Crippen molar-refractivity contribution in [3.63, 3.8) is 0 Å². The Kier molecular flexibility index (Phi) is 4.78. The highest BCUT2D eigenvalue weighted by atomic mass is 16.1. The minimum absolute atomic E-state index is 0.00709. The van der Waals surface area contributed by atoms with E-state index in [1.54, 1.807) is 0 Å². The molecule has 0 radical (unpaired) electrons. The van der Waals surface area contributed by atoms with Crippen LogP contribution in [0.15, 0.2) is 42.5 Å². The monoisotopic (exact) mass is 269 g/mol. The number of amides is 1. The van der Waals surface area contributed by atoms with Crippen LogP contribution >= 0.6 is 0 Å². The van der Waals surface area contributed by atoms with Gasteiger partial charge in [0.15, 0.2) is 0 Å². The quantitative estimate of drug-likeness (QED) is 0.649. The van der Waals surface area contributed by atoms with Gasteiger partial charge in [-0.05, 0) is 43.4 Å². The van der Waals surface area contributed by atoms with Gasteiger partial charge < -0.3 is 5.32 Å². The van der Waals surface area contributed by atoms with E-state index in [4.69, 9.17) is 0 Å². The minimum atomic E-state index is 0.00709. The average Bonchev–Trinajstić information content (AvgIpc) is 2.92. The maximum atomic E-state index is 12.4. The summed E-state index contributed by atoms with van der Waals surface area (Å²) in [4.78, 5) is 12.4. The molecule has 20 heavy (non-hydrogen) atoms. The molecule has 0 heterocycles. The molecule has 0 aliphatic heterocycles. The van der Waals surface area contributed by atoms with Gasteiger partial charge in [0.25, 0.3) is 5.91 Å². The fourth-order valence-electron chi connectivity index (χ4n) is 2.83. The second-order valence-corrected chi connectivity index (χ2v) is 5.45. The molecule has 1 amide bonds. The third kappa shape index (κ3) is 3.19. The summed E-state index contributed by atoms with van der Waals surface area (Å²) in [5.41, 5.74) is 3.68. The van der Waals surface area contributed by atoms with E-state index in [9.17, 15) is 4.79 Å². The van der Waals surface area contributed by atoms with Crippen LogP contribution in [0.5, 0.6) is 0 Å². The van der Waals surface area contributed by atoms with Crippen molar-refractivity contribution >= 4 is 11.5 Å². The van der Waals surface area contributed by atoms with Crippen molar-refractivity contribution in [2.75, 3.05) is 0 Å². The van der Waals surface area contributed by atoms with Gasteiger partial charge in [0.1, 0.15) is 0 Å². The number of hydrogen-bond acceptors (Lipinski definition) is 1. The lowest BCUT2D eigenvalue weighted by Gasteiger charge is -2.16. The van der Waals surface area contributed by atoms with Crippen LogP contribution in [0.2, 0.25) is 0 Å². The highest BCUT2D eigenvalue weighted by molar-refractivity contribution is 6.08. The number of rotatable bonds is 4. The first-order valence-electron chi connectivity index (χ1n) is 7.36. The zero-order valence-electron chi connectivity index (χ0n) is 12.4. The minimum Gasteiger partial charge on any atom is -0.349 e. The van der Waals surface area contributed by atoms with Crippen LogP contribution in [0.4, 0.5) is 0 Å². The lowest BCUT2D eigenvalue weighted by molar-refractivity contribution is -0.117. The second kappa shape index (κ2) is 6.56. The topological polar surface area (TPSA) is 29.1 Å². The standard InChI is InChI=1S/C18H23NO/c1-4-16(18(20)19-15-10-6-7-11-15)14(3)17-12-8-5-9-13(17)2/h4-5,8-9,12,15H,3,6-7,10-11H2,1-2H3,(H,19,20)/b16-4+. The summed E-state index contributed by atoms with van der Waals surface area (Å²) in [6.45, 7) is 8.06. The predicted molar refractivity (Wildman–Crippen MR) is 84.4 cm³/mol. The van der Waals surface area contributed by atoms with Crippen LogP contribution < -0.4 is 5.32 Å². The largest absolute Gasteiger partial charge is 0.349 e. The van der Waals surface area contributed by atoms with E-state index >= 15 is 0 Å². The Bertz CT molecular complexity index is 536. The molecule has 106 valence electrons. The number of benzene rings is 1. The average molecular weight is 269 g/mol. The van der Waals surface area contributed by atoms with Crippen LogP contribution in [0, 0.1) is 6.92 Å². The van der Waals surface area contributed by atoms with Crippen LogP contribution in [-0.2, 0) is 4.79 Å². The number of allylic oxidation sites excluding steroid dienone is 1. The maximum absolute atomic E-state index is 12.4. The van der Waals surface area contributed by atoms with E-state index in [0.717, 1.165) is 29.5 Å². The zero-order chi connectivity index (χ0) is 14.5. The van der Waals surface area contributed by atoms with Gasteiger partial charge in [-0.15, -0.1) is 0 Å². The first-order valence-corrected chi connectivity index (χ1v) is 7.36. The summed E-state index contributed by atoms with van der Waals surface area (Å²) in [5.74, 6) is 0.00709. The van der Waals surface area contributed by atoms with Crippen molar-refractivity contribution in [3.8, 4) is 0 Å². The first kappa shape index (κ1) is 14.6. The van der Waals surface area contributed by atoms with Gasteiger partial charge in [-0.2, -0.15) is 0 Å². The van der Waals surface area contributed by atoms with Crippen molar-refractivity contribution in [1.82, 2.24) is 5.32 Å².